The van der Waals surface area contributed by atoms with Crippen LogP contribution in [0.1, 0.15) is 12.8 Å². The molecule has 0 radical (unpaired) electrons. The van der Waals surface area contributed by atoms with E-state index in [-0.39, 0.29) is 4.75 Å². The van der Waals surface area contributed by atoms with Crippen molar-refractivity contribution in [3.8, 4) is 0 Å². The van der Waals surface area contributed by atoms with Crippen molar-refractivity contribution in [2.45, 2.75) is 17.6 Å². The fourth-order valence-electron chi connectivity index (χ4n) is 1.03. The van der Waals surface area contributed by atoms with Crippen molar-refractivity contribution in [3.05, 3.63) is 0 Å². The Labute approximate surface area is 58.5 Å². The summed E-state index contributed by atoms with van der Waals surface area (Å²) < 4.78 is 11.2. The van der Waals surface area contributed by atoms with Crippen molar-refractivity contribution in [2.24, 2.45) is 0 Å². The van der Waals surface area contributed by atoms with E-state index >= 15 is 0 Å². The molecule has 0 bridgehead atoms. The Hall–Kier alpha value is 0.110. The Morgan fingerprint density at radius 3 is 2.33 bits per heavy atom. The van der Waals surface area contributed by atoms with Gasteiger partial charge in [-0.25, -0.2) is 0 Å². The average molecular weight is 147 g/mol. The Kier molecular flexibility index (Phi) is 1.91. The molecule has 0 heterocycles. The van der Waals surface area contributed by atoms with Gasteiger partial charge in [-0.15, -0.1) is 0 Å². The van der Waals surface area contributed by atoms with Crippen LogP contribution in [0, 0.1) is 0 Å². The van der Waals surface area contributed by atoms with Crippen molar-refractivity contribution in [1.29, 1.82) is 0 Å². The first kappa shape index (κ1) is 7.22. The van der Waals surface area contributed by atoms with Crippen molar-refractivity contribution in [3.63, 3.8) is 0 Å². The van der Waals surface area contributed by atoms with Gasteiger partial charge in [-0.3, -0.25) is 4.21 Å². The second-order valence-corrected chi connectivity index (χ2v) is 4.44. The van der Waals surface area contributed by atoms with E-state index in [1.807, 2.05) is 7.05 Å². The lowest BCUT2D eigenvalue weighted by molar-refractivity contribution is 0.658. The van der Waals surface area contributed by atoms with Gasteiger partial charge in [-0.2, -0.15) is 0 Å². The summed E-state index contributed by atoms with van der Waals surface area (Å²) in [6.45, 7) is 0.913. The fraction of sp³-hybridized carbons (Fsp3) is 1.00. The molecule has 0 amide bonds. The van der Waals surface area contributed by atoms with Crippen molar-refractivity contribution >= 4 is 10.8 Å². The smallest absolute Gasteiger partial charge is 0.0581 e. The van der Waals surface area contributed by atoms with Crippen molar-refractivity contribution in [2.75, 3.05) is 19.8 Å². The molecule has 9 heavy (non-hydrogen) atoms. The zero-order chi connectivity index (χ0) is 6.91. The van der Waals surface area contributed by atoms with Gasteiger partial charge in [0.1, 0.15) is 0 Å². The highest BCUT2D eigenvalue weighted by atomic mass is 32.2. The molecule has 1 aliphatic rings. The van der Waals surface area contributed by atoms with E-state index in [1.54, 1.807) is 6.26 Å². The topological polar surface area (TPSA) is 29.1 Å². The average Bonchev–Trinajstić information content (AvgIpc) is 2.49. The summed E-state index contributed by atoms with van der Waals surface area (Å²) in [7, 11) is 1.28. The summed E-state index contributed by atoms with van der Waals surface area (Å²) in [6, 6.07) is 0. The summed E-state index contributed by atoms with van der Waals surface area (Å²) in [5.74, 6) is 0. The van der Waals surface area contributed by atoms with E-state index in [0.29, 0.717) is 0 Å². The quantitative estimate of drug-likeness (QED) is 0.614. The van der Waals surface area contributed by atoms with Crippen LogP contribution in [-0.2, 0) is 10.8 Å². The van der Waals surface area contributed by atoms with Crippen LogP contribution in [0.2, 0.25) is 0 Å². The zero-order valence-electron chi connectivity index (χ0n) is 5.94. The summed E-state index contributed by atoms with van der Waals surface area (Å²) in [6.07, 6.45) is 4.07. The van der Waals surface area contributed by atoms with E-state index in [4.69, 9.17) is 0 Å². The maximum atomic E-state index is 11.0. The molecule has 0 aromatic carbocycles. The van der Waals surface area contributed by atoms with Gasteiger partial charge >= 0.3 is 0 Å². The molecular weight excluding hydrogens is 134 g/mol. The van der Waals surface area contributed by atoms with Crippen LogP contribution in [0.25, 0.3) is 0 Å². The maximum absolute atomic E-state index is 11.0. The van der Waals surface area contributed by atoms with Gasteiger partial charge in [0.15, 0.2) is 0 Å². The molecule has 1 rings (SSSR count). The molecule has 1 atom stereocenters. The SMILES string of the molecule is CNCC1(S(C)=O)CC1. The first-order valence-corrected chi connectivity index (χ1v) is 4.75. The zero-order valence-corrected chi connectivity index (χ0v) is 6.75. The van der Waals surface area contributed by atoms with E-state index in [9.17, 15) is 4.21 Å². The van der Waals surface area contributed by atoms with Crippen LogP contribution in [0.5, 0.6) is 0 Å². The molecular formula is C6H13NOS. The summed E-state index contributed by atoms with van der Waals surface area (Å²) in [4.78, 5) is 0. The second-order valence-electron chi connectivity index (χ2n) is 2.67. The largest absolute Gasteiger partial charge is 0.318 e. The van der Waals surface area contributed by atoms with Crippen LogP contribution < -0.4 is 5.32 Å². The Morgan fingerprint density at radius 2 is 2.22 bits per heavy atom. The first-order valence-electron chi connectivity index (χ1n) is 3.19. The second kappa shape index (κ2) is 2.39. The van der Waals surface area contributed by atoms with Crippen LogP contribution in [0.4, 0.5) is 0 Å². The molecule has 0 aromatic rings. The Morgan fingerprint density at radius 1 is 1.67 bits per heavy atom. The van der Waals surface area contributed by atoms with Crippen LogP contribution in [0.15, 0.2) is 0 Å². The fourth-order valence-corrected chi connectivity index (χ4v) is 2.05. The van der Waals surface area contributed by atoms with Gasteiger partial charge in [0.05, 0.1) is 4.75 Å². The van der Waals surface area contributed by atoms with Gasteiger partial charge in [0, 0.05) is 23.6 Å². The van der Waals surface area contributed by atoms with E-state index in [1.165, 1.54) is 0 Å². The third kappa shape index (κ3) is 1.33. The molecule has 1 unspecified atom stereocenters. The summed E-state index contributed by atoms with van der Waals surface area (Å²) in [5.41, 5.74) is 0. The normalized spacial score (nSPS) is 25.6. The van der Waals surface area contributed by atoms with Gasteiger partial charge in [0.2, 0.25) is 0 Å². The van der Waals surface area contributed by atoms with Crippen LogP contribution in [-0.4, -0.2) is 28.8 Å². The van der Waals surface area contributed by atoms with Crippen LogP contribution >= 0.6 is 0 Å². The molecule has 0 aliphatic heterocycles. The molecule has 0 spiro atoms. The third-order valence-electron chi connectivity index (χ3n) is 1.92. The number of nitrogens with one attached hydrogen (secondary N) is 1. The summed E-state index contributed by atoms with van der Waals surface area (Å²) >= 11 is 0. The molecule has 2 nitrogen and oxygen atoms in total. The molecule has 1 aliphatic carbocycles. The minimum atomic E-state index is -0.627. The van der Waals surface area contributed by atoms with Gasteiger partial charge in [-0.05, 0) is 19.9 Å². The van der Waals surface area contributed by atoms with Crippen molar-refractivity contribution < 1.29 is 4.21 Å². The van der Waals surface area contributed by atoms with Gasteiger partial charge in [-0.1, -0.05) is 0 Å². The Bertz CT molecular complexity index is 131. The molecule has 1 N–H and O–H groups in total. The predicted molar refractivity (Wildman–Crippen MR) is 40.0 cm³/mol. The third-order valence-corrected chi connectivity index (χ3v) is 3.69. The van der Waals surface area contributed by atoms with E-state index in [2.05, 4.69) is 5.32 Å². The molecule has 3 heteroatoms. The highest BCUT2D eigenvalue weighted by Gasteiger charge is 2.45. The number of hydrogen-bond donors (Lipinski definition) is 1. The minimum absolute atomic E-state index is 0.161. The Balaban J connectivity index is 2.43. The summed E-state index contributed by atoms with van der Waals surface area (Å²) in [5, 5.41) is 3.06. The van der Waals surface area contributed by atoms with E-state index in [0.717, 1.165) is 19.4 Å². The molecule has 0 aromatic heterocycles. The predicted octanol–water partition coefficient (Wildman–Crippen LogP) is 0.117. The maximum Gasteiger partial charge on any atom is 0.0581 e. The number of rotatable bonds is 3. The first-order chi connectivity index (χ1) is 4.21. The van der Waals surface area contributed by atoms with Gasteiger partial charge < -0.3 is 5.32 Å². The highest BCUT2D eigenvalue weighted by molar-refractivity contribution is 7.86. The molecule has 1 fully saturated rings. The highest BCUT2D eigenvalue weighted by Crippen LogP contribution is 2.40. The minimum Gasteiger partial charge on any atom is -0.318 e. The number of hydrogen-bond acceptors (Lipinski definition) is 2. The lowest BCUT2D eigenvalue weighted by Crippen LogP contribution is -2.29. The van der Waals surface area contributed by atoms with Gasteiger partial charge in [0.25, 0.3) is 0 Å². The molecule has 54 valence electrons. The monoisotopic (exact) mass is 147 g/mol. The standard InChI is InChI=1S/C6H13NOS/c1-7-5-6(3-4-6)9(2)8/h7H,3-5H2,1-2H3. The van der Waals surface area contributed by atoms with E-state index < -0.39 is 10.8 Å². The van der Waals surface area contributed by atoms with Crippen LogP contribution in [0.3, 0.4) is 0 Å². The van der Waals surface area contributed by atoms with Crippen molar-refractivity contribution in [1.82, 2.24) is 5.32 Å². The lowest BCUT2D eigenvalue weighted by Gasteiger charge is -2.09. The lowest BCUT2D eigenvalue weighted by atomic mass is 10.4. The molecule has 0 saturated heterocycles. The molecule has 1 saturated carbocycles.